The van der Waals surface area contributed by atoms with E-state index in [-0.39, 0.29) is 24.9 Å². The van der Waals surface area contributed by atoms with Gasteiger partial charge in [-0.1, -0.05) is 299 Å². The number of allylic oxidation sites excluding steroid dienone is 11. The molecule has 0 saturated carbocycles. The number of ether oxygens (including phenoxy) is 1. The maximum atomic E-state index is 13.6. The van der Waals surface area contributed by atoms with E-state index in [2.05, 4.69) is 86.8 Å². The smallest absolute Gasteiger partial charge is 0.306 e. The highest BCUT2D eigenvalue weighted by molar-refractivity contribution is 7.45. The number of nitrogens with one attached hydrogen (secondary N) is 1. The predicted molar refractivity (Wildman–Crippen MR) is 367 cm³/mol. The molecule has 1 N–H and O–H groups in total. The summed E-state index contributed by atoms with van der Waals surface area (Å²) in [6.45, 7) is 6.82. The van der Waals surface area contributed by atoms with Gasteiger partial charge in [-0.05, 0) is 102 Å². The van der Waals surface area contributed by atoms with Crippen LogP contribution in [0.3, 0.4) is 0 Å². The zero-order chi connectivity index (χ0) is 62.1. The molecule has 0 heterocycles. The van der Waals surface area contributed by atoms with Crippen LogP contribution in [0, 0.1) is 0 Å². The molecule has 0 fully saturated rings. The van der Waals surface area contributed by atoms with Gasteiger partial charge in [0.25, 0.3) is 7.82 Å². The first kappa shape index (κ1) is 82.5. The number of esters is 1. The van der Waals surface area contributed by atoms with Crippen molar-refractivity contribution in [3.8, 4) is 0 Å². The number of phosphoric ester groups is 1. The molecule has 0 aromatic heterocycles. The van der Waals surface area contributed by atoms with E-state index in [1.807, 2.05) is 33.3 Å². The van der Waals surface area contributed by atoms with Gasteiger partial charge < -0.3 is 28.5 Å². The number of rotatable bonds is 66. The number of carbonyl (C=O) groups excluding carboxylic acids is 2. The summed E-state index contributed by atoms with van der Waals surface area (Å²) in [5, 5.41) is 3.04. The minimum atomic E-state index is -4.71. The van der Waals surface area contributed by atoms with Crippen molar-refractivity contribution >= 4 is 19.7 Å². The lowest BCUT2D eigenvalue weighted by Gasteiger charge is -2.30. The van der Waals surface area contributed by atoms with Gasteiger partial charge >= 0.3 is 5.97 Å². The van der Waals surface area contributed by atoms with Crippen LogP contribution in [0.15, 0.2) is 72.9 Å². The number of quaternary nitrogens is 1. The van der Waals surface area contributed by atoms with Crippen molar-refractivity contribution in [2.75, 3.05) is 40.9 Å². The van der Waals surface area contributed by atoms with Crippen molar-refractivity contribution in [1.29, 1.82) is 0 Å². The summed E-state index contributed by atoms with van der Waals surface area (Å²) in [6, 6.07) is -0.898. The Balaban J connectivity index is 5.05. The van der Waals surface area contributed by atoms with Crippen LogP contribution in [0.2, 0.25) is 0 Å². The van der Waals surface area contributed by atoms with Crippen LogP contribution >= 0.6 is 7.82 Å². The van der Waals surface area contributed by atoms with Gasteiger partial charge in [-0.3, -0.25) is 14.2 Å². The lowest BCUT2D eigenvalue weighted by molar-refractivity contribution is -0.870. The van der Waals surface area contributed by atoms with E-state index in [1.165, 1.54) is 205 Å². The van der Waals surface area contributed by atoms with E-state index in [4.69, 9.17) is 13.8 Å². The first-order valence-electron chi connectivity index (χ1n) is 36.2. The molecule has 0 radical (unpaired) electrons. The van der Waals surface area contributed by atoms with Gasteiger partial charge in [0, 0.05) is 12.8 Å². The van der Waals surface area contributed by atoms with Crippen LogP contribution in [-0.2, 0) is 27.9 Å². The number of likely N-dealkylation sites (N-methyl/N-ethyl adjacent to an activating group) is 1. The number of nitrogens with zero attached hydrogens (tertiary/aromatic N) is 1. The number of unbranched alkanes of at least 4 members (excludes halogenated alkanes) is 40. The molecule has 9 nitrogen and oxygen atoms in total. The molecule has 3 atom stereocenters. The molecule has 0 aliphatic heterocycles. The number of amides is 1. The average Bonchev–Trinajstić information content (AvgIpc) is 3.50. The molecule has 0 aromatic carbocycles. The molecule has 85 heavy (non-hydrogen) atoms. The topological polar surface area (TPSA) is 114 Å². The maximum Gasteiger partial charge on any atom is 0.306 e. The zero-order valence-corrected chi connectivity index (χ0v) is 57.7. The predicted octanol–water partition coefficient (Wildman–Crippen LogP) is 22.5. The van der Waals surface area contributed by atoms with Gasteiger partial charge in [0.1, 0.15) is 19.3 Å². The Hall–Kier alpha value is -2.55. The average molecular weight is 1210 g/mol. The summed E-state index contributed by atoms with van der Waals surface area (Å²) in [5.74, 6) is -0.544. The Labute approximate surface area is 527 Å². The normalized spacial score (nSPS) is 13.9. The molecule has 0 rings (SSSR count). The quantitative estimate of drug-likeness (QED) is 0.0212. The molecular formula is C75H139N2O7P. The van der Waals surface area contributed by atoms with E-state index in [9.17, 15) is 19.0 Å². The molecule has 0 bridgehead atoms. The summed E-state index contributed by atoms with van der Waals surface area (Å²) in [7, 11) is 1.18. The summed E-state index contributed by atoms with van der Waals surface area (Å²) in [5.41, 5.74) is 0. The van der Waals surface area contributed by atoms with Crippen molar-refractivity contribution in [2.45, 2.75) is 354 Å². The number of carbonyl (C=O) groups is 2. The van der Waals surface area contributed by atoms with E-state index < -0.39 is 26.6 Å². The third-order valence-electron chi connectivity index (χ3n) is 16.1. The molecule has 0 aromatic rings. The molecule has 0 aliphatic carbocycles. The molecule has 0 aliphatic rings. The largest absolute Gasteiger partial charge is 0.756 e. The third kappa shape index (κ3) is 65.7. The fraction of sp³-hybridized carbons (Fsp3) is 0.813. The van der Waals surface area contributed by atoms with Crippen molar-refractivity contribution in [2.24, 2.45) is 0 Å². The van der Waals surface area contributed by atoms with Gasteiger partial charge in [0.2, 0.25) is 5.91 Å². The van der Waals surface area contributed by atoms with Crippen LogP contribution in [-0.4, -0.2) is 69.4 Å². The van der Waals surface area contributed by atoms with Crippen molar-refractivity contribution in [1.82, 2.24) is 5.32 Å². The monoisotopic (exact) mass is 1210 g/mol. The zero-order valence-electron chi connectivity index (χ0n) is 56.8. The van der Waals surface area contributed by atoms with Crippen molar-refractivity contribution in [3.05, 3.63) is 72.9 Å². The Morgan fingerprint density at radius 3 is 1.09 bits per heavy atom. The van der Waals surface area contributed by atoms with Crippen LogP contribution in [0.25, 0.3) is 0 Å². The maximum absolute atomic E-state index is 13.6. The number of phosphoric acid groups is 1. The Kier molecular flexibility index (Phi) is 62.5. The SMILES string of the molecule is CCCCC/C=C\C/C=C\C/C=C\CCCCCCCCC(=O)NC(COP(=O)([O-])OCC[N+](C)(C)C)C(/C=C\CCCCCCCCCCCCC)OC(=O)CCCCCCCCCCCCCCCCCCC/C=C\C/C=C\CCCCC. The highest BCUT2D eigenvalue weighted by Gasteiger charge is 2.27. The van der Waals surface area contributed by atoms with E-state index in [0.29, 0.717) is 17.4 Å². The molecule has 496 valence electrons. The van der Waals surface area contributed by atoms with E-state index in [0.717, 1.165) is 103 Å². The second-order valence-corrected chi connectivity index (χ2v) is 27.1. The minimum absolute atomic E-state index is 0.0258. The summed E-state index contributed by atoms with van der Waals surface area (Å²) in [6.07, 6.45) is 84.5. The van der Waals surface area contributed by atoms with Crippen LogP contribution in [0.1, 0.15) is 342 Å². The van der Waals surface area contributed by atoms with E-state index >= 15 is 0 Å². The fourth-order valence-electron chi connectivity index (χ4n) is 10.5. The Morgan fingerprint density at radius 1 is 0.412 bits per heavy atom. The summed E-state index contributed by atoms with van der Waals surface area (Å²) < 4.78 is 30.5. The number of hydrogen-bond acceptors (Lipinski definition) is 7. The first-order chi connectivity index (χ1) is 41.4. The molecule has 10 heteroatoms. The van der Waals surface area contributed by atoms with Crippen molar-refractivity contribution < 1.29 is 37.3 Å². The fourth-order valence-corrected chi connectivity index (χ4v) is 11.2. The minimum Gasteiger partial charge on any atom is -0.756 e. The highest BCUT2D eigenvalue weighted by Crippen LogP contribution is 2.38. The van der Waals surface area contributed by atoms with Gasteiger partial charge in [-0.2, -0.15) is 0 Å². The van der Waals surface area contributed by atoms with E-state index in [1.54, 1.807) is 0 Å². The highest BCUT2D eigenvalue weighted by atomic mass is 31.2. The molecular weight excluding hydrogens is 1070 g/mol. The van der Waals surface area contributed by atoms with Gasteiger partial charge in [0.05, 0.1) is 33.8 Å². The second-order valence-electron chi connectivity index (χ2n) is 25.7. The molecule has 3 unspecified atom stereocenters. The van der Waals surface area contributed by atoms with Crippen molar-refractivity contribution in [3.63, 3.8) is 0 Å². The summed E-state index contributed by atoms with van der Waals surface area (Å²) >= 11 is 0. The van der Waals surface area contributed by atoms with Crippen LogP contribution in [0.4, 0.5) is 0 Å². The standard InChI is InChI=1S/C75H139N2O7P/c1-7-10-13-16-19-22-25-28-30-32-34-35-36-37-38-39-40-41-43-45-47-50-53-56-59-62-65-68-75(79)84-73(66-63-60-57-54-51-48-27-24-21-18-15-12-9-3)72(71-83-85(80,81)82-70-69-77(4,5)6)76-74(78)67-64-61-58-55-52-49-46-44-42-33-31-29-26-23-20-17-14-11-8-2/h19-20,22-23,28-31,42,44,63,66,72-73H,7-18,21,24-27,32-41,43,45-62,64-65,67-71H2,1-6H3,(H-,76,78,80,81)/b22-19-,23-20-,30-28-,31-29-,44-42-,66-63-. The van der Waals surface area contributed by atoms with Crippen LogP contribution in [0.5, 0.6) is 0 Å². The Bertz CT molecular complexity index is 1680. The molecule has 0 spiro atoms. The lowest BCUT2D eigenvalue weighted by atomic mass is 10.0. The van der Waals surface area contributed by atoms with Crippen LogP contribution < -0.4 is 10.2 Å². The summed E-state index contributed by atoms with van der Waals surface area (Å²) in [4.78, 5) is 40.2. The molecule has 0 saturated heterocycles. The van der Waals surface area contributed by atoms with Gasteiger partial charge in [-0.25, -0.2) is 0 Å². The second kappa shape index (κ2) is 64.4. The first-order valence-corrected chi connectivity index (χ1v) is 37.7. The molecule has 1 amide bonds. The van der Waals surface area contributed by atoms with Gasteiger partial charge in [0.15, 0.2) is 0 Å². The lowest BCUT2D eigenvalue weighted by Crippen LogP contribution is -2.47. The number of hydrogen-bond donors (Lipinski definition) is 1. The Morgan fingerprint density at radius 2 is 0.718 bits per heavy atom. The third-order valence-corrected chi connectivity index (χ3v) is 17.1. The van der Waals surface area contributed by atoms with Gasteiger partial charge in [-0.15, -0.1) is 0 Å².